The molecule has 0 spiro atoms. The molecular formula is C3H6Cr2O6. The van der Waals surface area contributed by atoms with Crippen LogP contribution >= 0.6 is 0 Å². The molecular weight excluding hydrogens is 236 g/mol. The molecule has 0 fully saturated rings. The minimum atomic E-state index is -1.25. The first kappa shape index (κ1) is 29.7. The van der Waals surface area contributed by atoms with Gasteiger partial charge in [-0.3, -0.25) is 0 Å². The first-order valence-electron chi connectivity index (χ1n) is 1.73. The van der Waals surface area contributed by atoms with Crippen LogP contribution in [0.2, 0.25) is 0 Å². The summed E-state index contributed by atoms with van der Waals surface area (Å²) in [6.45, 7) is -3.75. The van der Waals surface area contributed by atoms with E-state index < -0.39 is 20.4 Å². The molecule has 0 rings (SSSR count). The third-order valence-electron chi connectivity index (χ3n) is 0. The SMILES string of the molecule is [Cr+3].[Cr+3].[O-]C[O-].[O-]C[O-].[O-]C[O-]. The molecule has 0 aromatic rings. The molecule has 0 aliphatic carbocycles. The maximum atomic E-state index is 8.38. The van der Waals surface area contributed by atoms with E-state index in [1.54, 1.807) is 0 Å². The Hall–Kier alpha value is 0.825. The smallest absolute Gasteiger partial charge is 0.868 e. The predicted octanol–water partition coefficient (Wildman–Crippen LogP) is -7.01. The second kappa shape index (κ2) is 71.4. The average molecular weight is 242 g/mol. The molecule has 0 saturated heterocycles. The maximum Gasteiger partial charge on any atom is 3.00 e. The van der Waals surface area contributed by atoms with Crippen molar-refractivity contribution in [2.75, 3.05) is 20.4 Å². The molecule has 0 aromatic heterocycles. The largest absolute Gasteiger partial charge is 3.00 e. The molecule has 11 heavy (non-hydrogen) atoms. The van der Waals surface area contributed by atoms with Crippen molar-refractivity contribution in [3.8, 4) is 0 Å². The van der Waals surface area contributed by atoms with Crippen molar-refractivity contribution >= 4 is 0 Å². The van der Waals surface area contributed by atoms with E-state index in [1.165, 1.54) is 0 Å². The van der Waals surface area contributed by atoms with Crippen LogP contribution in [0.15, 0.2) is 0 Å². The van der Waals surface area contributed by atoms with E-state index in [0.717, 1.165) is 0 Å². The van der Waals surface area contributed by atoms with Crippen molar-refractivity contribution in [1.29, 1.82) is 0 Å². The third-order valence-corrected chi connectivity index (χ3v) is 0. The van der Waals surface area contributed by atoms with Crippen LogP contribution in [0.25, 0.3) is 0 Å². The summed E-state index contributed by atoms with van der Waals surface area (Å²) in [6, 6.07) is 0. The first-order chi connectivity index (χ1) is 4.24. The van der Waals surface area contributed by atoms with Crippen molar-refractivity contribution in [3.63, 3.8) is 0 Å². The maximum absolute atomic E-state index is 8.38. The van der Waals surface area contributed by atoms with Gasteiger partial charge in [0.15, 0.2) is 0 Å². The summed E-state index contributed by atoms with van der Waals surface area (Å²) in [5.41, 5.74) is 0. The predicted molar refractivity (Wildman–Crippen MR) is 14.6 cm³/mol. The van der Waals surface area contributed by atoms with Gasteiger partial charge in [0.2, 0.25) is 0 Å². The Morgan fingerprint density at radius 3 is 0.455 bits per heavy atom. The summed E-state index contributed by atoms with van der Waals surface area (Å²) in [5.74, 6) is 0. The summed E-state index contributed by atoms with van der Waals surface area (Å²) < 4.78 is 0. The van der Waals surface area contributed by atoms with Crippen LogP contribution in [-0.4, -0.2) is 20.4 Å². The van der Waals surface area contributed by atoms with Gasteiger partial charge in [-0.05, 0) is 0 Å². The molecule has 66 valence electrons. The molecule has 0 aliphatic rings. The number of hydrogen-bond donors (Lipinski definition) is 0. The van der Waals surface area contributed by atoms with Gasteiger partial charge in [0.25, 0.3) is 0 Å². The number of rotatable bonds is 0. The fourth-order valence-corrected chi connectivity index (χ4v) is 0. The Bertz CT molecular complexity index is 20.5. The van der Waals surface area contributed by atoms with Gasteiger partial charge in [0.1, 0.15) is 0 Å². The zero-order valence-corrected chi connectivity index (χ0v) is 7.94. The fourth-order valence-electron chi connectivity index (χ4n) is 0. The van der Waals surface area contributed by atoms with Gasteiger partial charge < -0.3 is 30.6 Å². The van der Waals surface area contributed by atoms with Crippen molar-refractivity contribution in [1.82, 2.24) is 0 Å². The summed E-state index contributed by atoms with van der Waals surface area (Å²) in [6.07, 6.45) is 0. The van der Waals surface area contributed by atoms with Crippen LogP contribution < -0.4 is 30.6 Å². The Labute approximate surface area is 86.0 Å². The Morgan fingerprint density at radius 2 is 0.455 bits per heavy atom. The normalized spacial score (nSPS) is 4.91. The van der Waals surface area contributed by atoms with E-state index in [1.807, 2.05) is 0 Å². The Morgan fingerprint density at radius 1 is 0.455 bits per heavy atom. The van der Waals surface area contributed by atoms with Gasteiger partial charge in [0.05, 0.1) is 0 Å². The quantitative estimate of drug-likeness (QED) is 0.387. The van der Waals surface area contributed by atoms with Crippen molar-refractivity contribution in [2.24, 2.45) is 0 Å². The summed E-state index contributed by atoms with van der Waals surface area (Å²) in [4.78, 5) is 0. The molecule has 0 saturated carbocycles. The molecule has 8 heteroatoms. The third kappa shape index (κ3) is 1240. The summed E-state index contributed by atoms with van der Waals surface area (Å²) in [7, 11) is 0. The average Bonchev–Trinajstić information content (AvgIpc) is 1.70. The van der Waals surface area contributed by atoms with Crippen molar-refractivity contribution < 1.29 is 65.4 Å². The monoisotopic (exact) mass is 242 g/mol. The van der Waals surface area contributed by atoms with Crippen LogP contribution in [0.4, 0.5) is 0 Å². The molecule has 0 heterocycles. The molecule has 6 nitrogen and oxygen atoms in total. The summed E-state index contributed by atoms with van der Waals surface area (Å²) >= 11 is 0. The Kier molecular flexibility index (Phi) is 193. The van der Waals surface area contributed by atoms with Gasteiger partial charge in [-0.15, -0.1) is 0 Å². The molecule has 0 amide bonds. The van der Waals surface area contributed by atoms with Gasteiger partial charge in [0, 0.05) is 0 Å². The van der Waals surface area contributed by atoms with Gasteiger partial charge >= 0.3 is 34.7 Å². The standard InChI is InChI=1S/3CH2O2.2Cr/c3*2-1-3;;/h3*1H2;;/q3*-2;2*+3. The van der Waals surface area contributed by atoms with Gasteiger partial charge in [-0.25, -0.2) is 20.4 Å². The van der Waals surface area contributed by atoms with Crippen molar-refractivity contribution in [3.05, 3.63) is 0 Å². The first-order valence-corrected chi connectivity index (χ1v) is 1.73. The molecule has 0 aromatic carbocycles. The van der Waals surface area contributed by atoms with Gasteiger partial charge in [-0.2, -0.15) is 0 Å². The van der Waals surface area contributed by atoms with E-state index in [9.17, 15) is 0 Å². The zero-order valence-electron chi connectivity index (χ0n) is 5.39. The topological polar surface area (TPSA) is 138 Å². The van der Waals surface area contributed by atoms with E-state index >= 15 is 0 Å². The molecule has 0 bridgehead atoms. The summed E-state index contributed by atoms with van der Waals surface area (Å²) in [5, 5.41) is 50.2. The van der Waals surface area contributed by atoms with E-state index in [2.05, 4.69) is 0 Å². The molecule has 0 unspecified atom stereocenters. The minimum Gasteiger partial charge on any atom is -0.868 e. The molecule has 0 N–H and O–H groups in total. The second-order valence-electron chi connectivity index (χ2n) is 0.354. The van der Waals surface area contributed by atoms with Crippen LogP contribution in [0.3, 0.4) is 0 Å². The van der Waals surface area contributed by atoms with E-state index in [0.29, 0.717) is 0 Å². The van der Waals surface area contributed by atoms with Crippen LogP contribution in [0, 0.1) is 0 Å². The molecule has 2 radical (unpaired) electrons. The molecule has 0 atom stereocenters. The fraction of sp³-hybridized carbons (Fsp3) is 1.00. The van der Waals surface area contributed by atoms with E-state index in [4.69, 9.17) is 30.6 Å². The minimum absolute atomic E-state index is 0. The Balaban J connectivity index is -0.0000000150. The van der Waals surface area contributed by atoms with Crippen LogP contribution in [0.1, 0.15) is 0 Å². The van der Waals surface area contributed by atoms with Gasteiger partial charge in [-0.1, -0.05) is 0 Å². The molecule has 0 aliphatic heterocycles. The zero-order chi connectivity index (χ0) is 8.12. The van der Waals surface area contributed by atoms with E-state index in [-0.39, 0.29) is 34.7 Å². The van der Waals surface area contributed by atoms with Crippen LogP contribution in [-0.2, 0) is 34.7 Å². The van der Waals surface area contributed by atoms with Crippen molar-refractivity contribution in [2.45, 2.75) is 0 Å². The number of hydrogen-bond acceptors (Lipinski definition) is 6. The second-order valence-corrected chi connectivity index (χ2v) is 0.354. The van der Waals surface area contributed by atoms with Crippen LogP contribution in [0.5, 0.6) is 0 Å².